The van der Waals surface area contributed by atoms with Crippen LogP contribution in [0.25, 0.3) is 27.9 Å². The average molecular weight is 331 g/mol. The highest BCUT2D eigenvalue weighted by atomic mass is 19.1. The second-order valence-electron chi connectivity index (χ2n) is 5.68. The van der Waals surface area contributed by atoms with Crippen molar-refractivity contribution in [3.8, 4) is 5.75 Å². The van der Waals surface area contributed by atoms with Crippen LogP contribution in [0.4, 0.5) is 4.39 Å². The normalized spacial score (nSPS) is 11.4. The van der Waals surface area contributed by atoms with E-state index in [2.05, 4.69) is 4.98 Å². The van der Waals surface area contributed by atoms with E-state index in [0.717, 1.165) is 27.4 Å². The SMILES string of the molecule is O=C(/C=C/c1ccc(F)cc1)Oc1ccc2[nH]c3ccccc3c2c1. The monoisotopic (exact) mass is 331 g/mol. The highest BCUT2D eigenvalue weighted by Gasteiger charge is 2.07. The Bertz CT molecular complexity index is 1090. The largest absolute Gasteiger partial charge is 0.423 e. The minimum atomic E-state index is -0.483. The third-order valence-corrected chi connectivity index (χ3v) is 3.98. The number of esters is 1. The number of hydrogen-bond donors (Lipinski definition) is 1. The summed E-state index contributed by atoms with van der Waals surface area (Å²) in [5, 5.41) is 2.08. The average Bonchev–Trinajstić information content (AvgIpc) is 2.99. The van der Waals surface area contributed by atoms with Gasteiger partial charge in [0.05, 0.1) is 0 Å². The lowest BCUT2D eigenvalue weighted by Crippen LogP contribution is -2.03. The molecule has 0 spiro atoms. The molecule has 0 aliphatic carbocycles. The van der Waals surface area contributed by atoms with Crippen LogP contribution < -0.4 is 4.74 Å². The molecule has 0 saturated carbocycles. The number of benzene rings is 3. The molecule has 0 aliphatic rings. The van der Waals surface area contributed by atoms with Crippen molar-refractivity contribution in [3.05, 3.63) is 84.2 Å². The first-order valence-electron chi connectivity index (χ1n) is 7.85. The Morgan fingerprint density at radius 2 is 1.68 bits per heavy atom. The quantitative estimate of drug-likeness (QED) is 0.323. The number of ether oxygens (including phenoxy) is 1. The van der Waals surface area contributed by atoms with Crippen LogP contribution in [-0.2, 0) is 4.79 Å². The molecule has 3 aromatic carbocycles. The molecule has 0 saturated heterocycles. The van der Waals surface area contributed by atoms with E-state index in [4.69, 9.17) is 4.74 Å². The van der Waals surface area contributed by atoms with Crippen LogP contribution in [0.5, 0.6) is 5.75 Å². The molecule has 1 heterocycles. The minimum Gasteiger partial charge on any atom is -0.423 e. The van der Waals surface area contributed by atoms with Gasteiger partial charge in [-0.15, -0.1) is 0 Å². The molecule has 122 valence electrons. The molecule has 0 aliphatic heterocycles. The van der Waals surface area contributed by atoms with Crippen LogP contribution in [-0.4, -0.2) is 11.0 Å². The zero-order chi connectivity index (χ0) is 17.2. The molecule has 0 fully saturated rings. The van der Waals surface area contributed by atoms with E-state index in [0.29, 0.717) is 5.75 Å². The fraction of sp³-hybridized carbons (Fsp3) is 0. The maximum Gasteiger partial charge on any atom is 0.336 e. The maximum absolute atomic E-state index is 12.9. The summed E-state index contributed by atoms with van der Waals surface area (Å²) in [6.07, 6.45) is 2.92. The molecule has 0 radical (unpaired) electrons. The van der Waals surface area contributed by atoms with Crippen LogP contribution in [0.2, 0.25) is 0 Å². The van der Waals surface area contributed by atoms with Crippen molar-refractivity contribution in [1.29, 1.82) is 0 Å². The number of H-pyrrole nitrogens is 1. The molecule has 3 nitrogen and oxygen atoms in total. The number of fused-ring (bicyclic) bond motifs is 3. The lowest BCUT2D eigenvalue weighted by molar-refractivity contribution is -0.128. The summed E-state index contributed by atoms with van der Waals surface area (Å²) < 4.78 is 18.2. The zero-order valence-electron chi connectivity index (χ0n) is 13.2. The molecule has 4 aromatic rings. The van der Waals surface area contributed by atoms with Gasteiger partial charge >= 0.3 is 5.97 Å². The summed E-state index contributed by atoms with van der Waals surface area (Å²) >= 11 is 0. The molecule has 0 amide bonds. The summed E-state index contributed by atoms with van der Waals surface area (Å²) in [6.45, 7) is 0. The van der Waals surface area contributed by atoms with Gasteiger partial charge in [-0.2, -0.15) is 0 Å². The molecule has 0 atom stereocenters. The fourth-order valence-corrected chi connectivity index (χ4v) is 2.78. The Morgan fingerprint density at radius 3 is 2.52 bits per heavy atom. The smallest absolute Gasteiger partial charge is 0.336 e. The number of hydrogen-bond acceptors (Lipinski definition) is 2. The number of rotatable bonds is 3. The first kappa shape index (κ1) is 15.1. The van der Waals surface area contributed by atoms with Gasteiger partial charge in [0.15, 0.2) is 0 Å². The van der Waals surface area contributed by atoms with Crippen LogP contribution in [0.1, 0.15) is 5.56 Å². The van der Waals surface area contributed by atoms with Gasteiger partial charge in [-0.25, -0.2) is 9.18 Å². The van der Waals surface area contributed by atoms with Crippen molar-refractivity contribution in [2.45, 2.75) is 0 Å². The molecule has 4 heteroatoms. The third kappa shape index (κ3) is 3.15. The summed E-state index contributed by atoms with van der Waals surface area (Å²) in [4.78, 5) is 15.3. The number of carbonyl (C=O) groups excluding carboxylic acids is 1. The van der Waals surface area contributed by atoms with Gasteiger partial charge in [0.1, 0.15) is 11.6 Å². The fourth-order valence-electron chi connectivity index (χ4n) is 2.78. The highest BCUT2D eigenvalue weighted by molar-refractivity contribution is 6.07. The maximum atomic E-state index is 12.9. The van der Waals surface area contributed by atoms with Crippen molar-refractivity contribution in [2.24, 2.45) is 0 Å². The van der Waals surface area contributed by atoms with E-state index in [-0.39, 0.29) is 5.82 Å². The first-order chi connectivity index (χ1) is 12.2. The van der Waals surface area contributed by atoms with E-state index in [1.54, 1.807) is 24.3 Å². The van der Waals surface area contributed by atoms with Gasteiger partial charge in [0.2, 0.25) is 0 Å². The highest BCUT2D eigenvalue weighted by Crippen LogP contribution is 2.28. The molecular formula is C21H14FNO2. The van der Waals surface area contributed by atoms with E-state index >= 15 is 0 Å². The van der Waals surface area contributed by atoms with Gasteiger partial charge in [-0.1, -0.05) is 30.3 Å². The molecule has 25 heavy (non-hydrogen) atoms. The number of nitrogens with one attached hydrogen (secondary N) is 1. The Hall–Kier alpha value is -3.40. The second kappa shape index (κ2) is 6.24. The van der Waals surface area contributed by atoms with Gasteiger partial charge < -0.3 is 9.72 Å². The number of aromatic amines is 1. The van der Waals surface area contributed by atoms with Gasteiger partial charge in [-0.3, -0.25) is 0 Å². The van der Waals surface area contributed by atoms with Crippen molar-refractivity contribution in [3.63, 3.8) is 0 Å². The van der Waals surface area contributed by atoms with E-state index in [1.807, 2.05) is 36.4 Å². The molecule has 1 aromatic heterocycles. The standard InChI is InChI=1S/C21H14FNO2/c22-15-8-5-14(6-9-15)7-12-21(24)25-16-10-11-20-18(13-16)17-3-1-2-4-19(17)23-20/h1-13,23H/b12-7+. The molecule has 0 bridgehead atoms. The Labute approximate surface area is 143 Å². The first-order valence-corrected chi connectivity index (χ1v) is 7.85. The van der Waals surface area contributed by atoms with Crippen LogP contribution in [0, 0.1) is 5.82 Å². The van der Waals surface area contributed by atoms with Crippen molar-refractivity contribution < 1.29 is 13.9 Å². The van der Waals surface area contributed by atoms with Crippen molar-refractivity contribution in [1.82, 2.24) is 4.98 Å². The lowest BCUT2D eigenvalue weighted by Gasteiger charge is -2.01. The van der Waals surface area contributed by atoms with Crippen LogP contribution >= 0.6 is 0 Å². The summed E-state index contributed by atoms with van der Waals surface area (Å²) in [6, 6.07) is 19.3. The predicted molar refractivity (Wildman–Crippen MR) is 96.9 cm³/mol. The number of halogens is 1. The Kier molecular flexibility index (Phi) is 3.78. The van der Waals surface area contributed by atoms with Gasteiger partial charge in [0, 0.05) is 27.9 Å². The topological polar surface area (TPSA) is 42.1 Å². The van der Waals surface area contributed by atoms with Crippen molar-refractivity contribution >= 4 is 33.9 Å². The molecule has 1 N–H and O–H groups in total. The zero-order valence-corrected chi connectivity index (χ0v) is 13.2. The lowest BCUT2D eigenvalue weighted by atomic mass is 10.1. The molecular weight excluding hydrogens is 317 g/mol. The van der Waals surface area contributed by atoms with E-state index < -0.39 is 5.97 Å². The molecule has 4 rings (SSSR count). The van der Waals surface area contributed by atoms with E-state index in [9.17, 15) is 9.18 Å². The number of para-hydroxylation sites is 1. The van der Waals surface area contributed by atoms with Crippen LogP contribution in [0.3, 0.4) is 0 Å². The Morgan fingerprint density at radius 1 is 0.920 bits per heavy atom. The minimum absolute atomic E-state index is 0.313. The van der Waals surface area contributed by atoms with Gasteiger partial charge in [-0.05, 0) is 48.0 Å². The van der Waals surface area contributed by atoms with E-state index in [1.165, 1.54) is 18.2 Å². The predicted octanol–water partition coefficient (Wildman–Crippen LogP) is 5.08. The van der Waals surface area contributed by atoms with Crippen molar-refractivity contribution in [2.75, 3.05) is 0 Å². The Balaban J connectivity index is 1.56. The van der Waals surface area contributed by atoms with Gasteiger partial charge in [0.25, 0.3) is 0 Å². The molecule has 0 unspecified atom stereocenters. The summed E-state index contributed by atoms with van der Waals surface area (Å²) in [5.41, 5.74) is 2.76. The van der Waals surface area contributed by atoms with Crippen LogP contribution in [0.15, 0.2) is 72.8 Å². The summed E-state index contributed by atoms with van der Waals surface area (Å²) in [7, 11) is 0. The number of aromatic nitrogens is 1. The second-order valence-corrected chi connectivity index (χ2v) is 5.68. The summed E-state index contributed by atoms with van der Waals surface area (Å²) in [5.74, 6) is -0.318. The number of carbonyl (C=O) groups is 1. The third-order valence-electron chi connectivity index (χ3n) is 3.98.